The second-order valence-electron chi connectivity index (χ2n) is 5.02. The molecule has 0 aliphatic carbocycles. The molecule has 1 fully saturated rings. The van der Waals surface area contributed by atoms with Crippen LogP contribution in [0.2, 0.25) is 5.02 Å². The Morgan fingerprint density at radius 1 is 1.14 bits per heavy atom. The zero-order valence-electron chi connectivity index (χ0n) is 11.7. The van der Waals surface area contributed by atoms with Crippen LogP contribution in [0.1, 0.15) is 11.7 Å². The summed E-state index contributed by atoms with van der Waals surface area (Å²) in [4.78, 5) is 0. The van der Waals surface area contributed by atoms with Crippen LogP contribution in [0.25, 0.3) is 0 Å². The van der Waals surface area contributed by atoms with Gasteiger partial charge in [-0.25, -0.2) is 0 Å². The Balaban J connectivity index is 1.85. The third kappa shape index (κ3) is 3.76. The summed E-state index contributed by atoms with van der Waals surface area (Å²) in [6.45, 7) is 2.36. The zero-order valence-corrected chi connectivity index (χ0v) is 12.4. The first-order chi connectivity index (χ1) is 10.3. The van der Waals surface area contributed by atoms with Gasteiger partial charge in [0.05, 0.1) is 6.61 Å². The van der Waals surface area contributed by atoms with E-state index in [-0.39, 0.29) is 12.2 Å². The van der Waals surface area contributed by atoms with Crippen molar-refractivity contribution in [2.24, 2.45) is 0 Å². The maximum absolute atomic E-state index is 6.17. The molecule has 1 N–H and O–H groups in total. The number of morpholine rings is 1. The molecule has 4 heteroatoms. The summed E-state index contributed by atoms with van der Waals surface area (Å²) in [5.74, 6) is 0.755. The van der Waals surface area contributed by atoms with Gasteiger partial charge in [0.25, 0.3) is 0 Å². The summed E-state index contributed by atoms with van der Waals surface area (Å²) < 4.78 is 12.0. The molecule has 0 aromatic heterocycles. The van der Waals surface area contributed by atoms with Crippen molar-refractivity contribution in [2.75, 3.05) is 19.7 Å². The van der Waals surface area contributed by atoms with Gasteiger partial charge in [-0.15, -0.1) is 0 Å². The average Bonchev–Trinajstić information content (AvgIpc) is 2.54. The highest BCUT2D eigenvalue weighted by Gasteiger charge is 2.27. The molecule has 2 aromatic carbocycles. The van der Waals surface area contributed by atoms with Gasteiger partial charge in [0.15, 0.2) is 6.10 Å². The van der Waals surface area contributed by atoms with Crippen LogP contribution in [-0.2, 0) is 4.74 Å². The molecule has 1 aliphatic rings. The van der Waals surface area contributed by atoms with Gasteiger partial charge in [0.1, 0.15) is 11.9 Å². The van der Waals surface area contributed by atoms with Gasteiger partial charge >= 0.3 is 0 Å². The van der Waals surface area contributed by atoms with Crippen LogP contribution >= 0.6 is 11.6 Å². The third-order valence-corrected chi connectivity index (χ3v) is 3.72. The summed E-state index contributed by atoms with van der Waals surface area (Å²) in [7, 11) is 0. The molecule has 3 rings (SSSR count). The SMILES string of the molecule is Clc1cccc(OC(c2ccccc2)C2CNCCO2)c1. The Morgan fingerprint density at radius 3 is 2.71 bits per heavy atom. The monoisotopic (exact) mass is 303 g/mol. The van der Waals surface area contributed by atoms with Crippen LogP contribution in [0.15, 0.2) is 54.6 Å². The minimum absolute atomic E-state index is 0.0138. The van der Waals surface area contributed by atoms with E-state index in [9.17, 15) is 0 Å². The molecule has 0 spiro atoms. The van der Waals surface area contributed by atoms with E-state index in [1.54, 1.807) is 0 Å². The molecule has 0 radical (unpaired) electrons. The van der Waals surface area contributed by atoms with Crippen molar-refractivity contribution >= 4 is 11.6 Å². The summed E-state index contributed by atoms with van der Waals surface area (Å²) in [6, 6.07) is 17.6. The molecule has 3 nitrogen and oxygen atoms in total. The van der Waals surface area contributed by atoms with Crippen LogP contribution in [0.4, 0.5) is 0 Å². The summed E-state index contributed by atoms with van der Waals surface area (Å²) in [5, 5.41) is 4.02. The first-order valence-corrected chi connectivity index (χ1v) is 7.50. The Morgan fingerprint density at radius 2 is 2.00 bits per heavy atom. The molecule has 21 heavy (non-hydrogen) atoms. The van der Waals surface area contributed by atoms with Crippen LogP contribution in [0, 0.1) is 0 Å². The van der Waals surface area contributed by atoms with E-state index in [1.807, 2.05) is 42.5 Å². The van der Waals surface area contributed by atoms with Crippen molar-refractivity contribution in [3.8, 4) is 5.75 Å². The standard InChI is InChI=1S/C17H18ClNO2/c18-14-7-4-8-15(11-14)21-17(13-5-2-1-3-6-13)16-12-19-9-10-20-16/h1-8,11,16-17,19H,9-10,12H2. The van der Waals surface area contributed by atoms with Gasteiger partial charge in [0, 0.05) is 18.1 Å². The number of ether oxygens (including phenoxy) is 2. The minimum Gasteiger partial charge on any atom is -0.483 e. The first kappa shape index (κ1) is 14.4. The first-order valence-electron chi connectivity index (χ1n) is 7.12. The predicted octanol–water partition coefficient (Wildman–Crippen LogP) is 3.45. The molecule has 2 aromatic rings. The van der Waals surface area contributed by atoms with E-state index in [0.717, 1.165) is 24.4 Å². The van der Waals surface area contributed by atoms with Crippen molar-refractivity contribution in [3.63, 3.8) is 0 Å². The molecule has 0 amide bonds. The number of benzene rings is 2. The van der Waals surface area contributed by atoms with E-state index >= 15 is 0 Å². The minimum atomic E-state index is -0.155. The van der Waals surface area contributed by atoms with Gasteiger partial charge in [-0.3, -0.25) is 0 Å². The van der Waals surface area contributed by atoms with Gasteiger partial charge in [0.2, 0.25) is 0 Å². The lowest BCUT2D eigenvalue weighted by Crippen LogP contribution is -2.43. The molecular formula is C17H18ClNO2. The van der Waals surface area contributed by atoms with Crippen molar-refractivity contribution in [2.45, 2.75) is 12.2 Å². The quantitative estimate of drug-likeness (QED) is 0.938. The Labute approximate surface area is 129 Å². The predicted molar refractivity (Wildman–Crippen MR) is 83.9 cm³/mol. The highest BCUT2D eigenvalue weighted by Crippen LogP contribution is 2.28. The Bertz CT molecular complexity index is 570. The molecule has 110 valence electrons. The molecule has 1 heterocycles. The van der Waals surface area contributed by atoms with E-state index in [0.29, 0.717) is 11.6 Å². The van der Waals surface area contributed by atoms with Gasteiger partial charge in [-0.2, -0.15) is 0 Å². The lowest BCUT2D eigenvalue weighted by atomic mass is 10.0. The molecule has 2 unspecified atom stereocenters. The number of rotatable bonds is 4. The number of hydrogen-bond donors (Lipinski definition) is 1. The maximum atomic E-state index is 6.17. The smallest absolute Gasteiger partial charge is 0.151 e. The maximum Gasteiger partial charge on any atom is 0.151 e. The van der Waals surface area contributed by atoms with Gasteiger partial charge in [-0.1, -0.05) is 48.0 Å². The van der Waals surface area contributed by atoms with E-state index < -0.39 is 0 Å². The molecule has 0 bridgehead atoms. The van der Waals surface area contributed by atoms with Crippen LogP contribution < -0.4 is 10.1 Å². The topological polar surface area (TPSA) is 30.5 Å². The van der Waals surface area contributed by atoms with Gasteiger partial charge < -0.3 is 14.8 Å². The second kappa shape index (κ2) is 6.94. The van der Waals surface area contributed by atoms with Crippen molar-refractivity contribution in [1.29, 1.82) is 0 Å². The lowest BCUT2D eigenvalue weighted by molar-refractivity contribution is -0.0432. The summed E-state index contributed by atoms with van der Waals surface area (Å²) in [6.07, 6.45) is -0.169. The normalized spacial score (nSPS) is 20.0. The van der Waals surface area contributed by atoms with Gasteiger partial charge in [-0.05, 0) is 23.8 Å². The van der Waals surface area contributed by atoms with E-state index in [1.165, 1.54) is 0 Å². The molecule has 1 aliphatic heterocycles. The van der Waals surface area contributed by atoms with Crippen LogP contribution in [0.3, 0.4) is 0 Å². The van der Waals surface area contributed by atoms with Crippen LogP contribution in [0.5, 0.6) is 5.75 Å². The van der Waals surface area contributed by atoms with Crippen molar-refractivity contribution in [1.82, 2.24) is 5.32 Å². The summed E-state index contributed by atoms with van der Waals surface area (Å²) in [5.41, 5.74) is 1.10. The Hall–Kier alpha value is -1.55. The van der Waals surface area contributed by atoms with Crippen molar-refractivity contribution < 1.29 is 9.47 Å². The number of halogens is 1. The fourth-order valence-electron chi connectivity index (χ4n) is 2.47. The van der Waals surface area contributed by atoms with E-state index in [4.69, 9.17) is 21.1 Å². The average molecular weight is 304 g/mol. The number of nitrogens with one attached hydrogen (secondary N) is 1. The van der Waals surface area contributed by atoms with Crippen LogP contribution in [-0.4, -0.2) is 25.8 Å². The largest absolute Gasteiger partial charge is 0.483 e. The lowest BCUT2D eigenvalue weighted by Gasteiger charge is -2.31. The zero-order chi connectivity index (χ0) is 14.5. The molecule has 2 atom stereocenters. The second-order valence-corrected chi connectivity index (χ2v) is 5.46. The number of hydrogen-bond acceptors (Lipinski definition) is 3. The third-order valence-electron chi connectivity index (χ3n) is 3.48. The fourth-order valence-corrected chi connectivity index (χ4v) is 2.65. The molecule has 0 saturated carbocycles. The highest BCUT2D eigenvalue weighted by atomic mass is 35.5. The molecular weight excluding hydrogens is 286 g/mol. The summed E-state index contributed by atoms with van der Waals surface area (Å²) >= 11 is 6.04. The molecule has 1 saturated heterocycles. The Kier molecular flexibility index (Phi) is 4.76. The van der Waals surface area contributed by atoms with E-state index in [2.05, 4.69) is 17.4 Å². The highest BCUT2D eigenvalue weighted by molar-refractivity contribution is 6.30. The fraction of sp³-hybridized carbons (Fsp3) is 0.294. The van der Waals surface area contributed by atoms with Crippen molar-refractivity contribution in [3.05, 3.63) is 65.2 Å².